The lowest BCUT2D eigenvalue weighted by molar-refractivity contribution is 0.0458. The Morgan fingerprint density at radius 3 is 1.47 bits per heavy atom. The zero-order valence-electron chi connectivity index (χ0n) is 11.6. The summed E-state index contributed by atoms with van der Waals surface area (Å²) in [5.41, 5.74) is 0. The topological polar surface area (TPSA) is 27.7 Å². The molecule has 0 radical (unpaired) electrons. The summed E-state index contributed by atoms with van der Waals surface area (Å²) in [6, 6.07) is 0. The van der Waals surface area contributed by atoms with Gasteiger partial charge >= 0.3 is 0 Å². The molecule has 0 aliphatic carbocycles. The van der Waals surface area contributed by atoms with Crippen LogP contribution in [0.2, 0.25) is 45.8 Å². The second-order valence-corrected chi connectivity index (χ2v) is 15.7. The molecule has 94 valence electrons. The minimum atomic E-state index is -1.30. The van der Waals surface area contributed by atoms with Gasteiger partial charge in [-0.3, -0.25) is 0 Å². The normalized spacial score (nSPS) is 12.8. The number of hydrogen-bond donors (Lipinski definition) is 0. The van der Waals surface area contributed by atoms with Crippen LogP contribution in [0.15, 0.2) is 0 Å². The van der Waals surface area contributed by atoms with Crippen molar-refractivity contribution in [3.8, 4) is 0 Å². The molecule has 0 saturated heterocycles. The van der Waals surface area contributed by atoms with Gasteiger partial charge in [0.2, 0.25) is 0 Å². The van der Waals surface area contributed by atoms with Gasteiger partial charge in [-0.2, -0.15) is 0 Å². The van der Waals surface area contributed by atoms with E-state index in [0.29, 0.717) is 6.79 Å². The predicted molar refractivity (Wildman–Crippen MR) is 75.1 cm³/mol. The standard InChI is InChI=1S/C5H14O2Si.C4H14OSi2/c1-6-5-7-8(2,3)4;1-6-5-7(2,3)4/h5H2,1-4H3;6H2,1-4H3. The molecule has 6 heteroatoms. The van der Waals surface area contributed by atoms with Gasteiger partial charge in [0.15, 0.2) is 16.6 Å². The second kappa shape index (κ2) is 8.66. The van der Waals surface area contributed by atoms with Crippen molar-refractivity contribution in [3.63, 3.8) is 0 Å². The lowest BCUT2D eigenvalue weighted by Crippen LogP contribution is -2.26. The molecule has 0 bridgehead atoms. The highest BCUT2D eigenvalue weighted by atomic mass is 28.4. The highest BCUT2D eigenvalue weighted by molar-refractivity contribution is 6.73. The Kier molecular flexibility index (Phi) is 10.3. The average Bonchev–Trinajstić information content (AvgIpc) is 1.98. The minimum Gasteiger partial charge on any atom is -0.461 e. The van der Waals surface area contributed by atoms with Gasteiger partial charge in [-0.15, -0.1) is 0 Å². The van der Waals surface area contributed by atoms with E-state index >= 15 is 0 Å². The molecule has 0 aromatic rings. The van der Waals surface area contributed by atoms with Crippen molar-refractivity contribution in [2.75, 3.05) is 13.9 Å². The molecule has 0 aromatic heterocycles. The van der Waals surface area contributed by atoms with Crippen LogP contribution in [-0.4, -0.2) is 40.3 Å². The van der Waals surface area contributed by atoms with E-state index in [4.69, 9.17) is 13.3 Å². The van der Waals surface area contributed by atoms with Crippen LogP contribution in [0.3, 0.4) is 0 Å². The Hall–Kier alpha value is 0.531. The third kappa shape index (κ3) is 25.1. The van der Waals surface area contributed by atoms with Crippen LogP contribution in [0.4, 0.5) is 0 Å². The maximum atomic E-state index is 5.51. The molecule has 0 saturated carbocycles. The van der Waals surface area contributed by atoms with Gasteiger partial charge < -0.3 is 13.3 Å². The van der Waals surface area contributed by atoms with E-state index in [1.54, 1.807) is 7.11 Å². The van der Waals surface area contributed by atoms with Gasteiger partial charge in [0.1, 0.15) is 16.6 Å². The molecule has 3 nitrogen and oxygen atoms in total. The molecule has 0 N–H and O–H groups in total. The van der Waals surface area contributed by atoms with Crippen molar-refractivity contribution in [2.24, 2.45) is 0 Å². The Bertz CT molecular complexity index is 141. The summed E-state index contributed by atoms with van der Waals surface area (Å²) in [6.45, 7) is 15.7. The lowest BCUT2D eigenvalue weighted by atomic mass is 11.4. The molecule has 0 rings (SSSR count). The lowest BCUT2D eigenvalue weighted by Gasteiger charge is -2.15. The molecular formula is C9H28O3Si3. The molecule has 0 heterocycles. The molecule has 0 aliphatic heterocycles. The van der Waals surface area contributed by atoms with Gasteiger partial charge in [-0.25, -0.2) is 0 Å². The monoisotopic (exact) mass is 268 g/mol. The van der Waals surface area contributed by atoms with Crippen molar-refractivity contribution in [1.29, 1.82) is 0 Å². The van der Waals surface area contributed by atoms with Crippen LogP contribution in [0, 0.1) is 0 Å². The first-order valence-corrected chi connectivity index (χ1v) is 14.2. The molecule has 0 spiro atoms. The number of rotatable bonds is 5. The second-order valence-electron chi connectivity index (χ2n) is 5.21. The van der Waals surface area contributed by atoms with E-state index in [-0.39, 0.29) is 9.76 Å². The van der Waals surface area contributed by atoms with Crippen LogP contribution >= 0.6 is 0 Å². The fourth-order valence-electron chi connectivity index (χ4n) is 0.669. The van der Waals surface area contributed by atoms with E-state index < -0.39 is 16.6 Å². The highest BCUT2D eigenvalue weighted by Crippen LogP contribution is 2.00. The van der Waals surface area contributed by atoms with Crippen molar-refractivity contribution in [1.82, 2.24) is 0 Å². The summed E-state index contributed by atoms with van der Waals surface area (Å²) >= 11 is 0. The zero-order valence-corrected chi connectivity index (χ0v) is 15.1. The predicted octanol–water partition coefficient (Wildman–Crippen LogP) is 2.41. The average molecular weight is 269 g/mol. The van der Waals surface area contributed by atoms with Gasteiger partial charge in [0, 0.05) is 7.11 Å². The summed E-state index contributed by atoms with van der Waals surface area (Å²) in [5.74, 6) is 0. The Morgan fingerprint density at radius 1 is 0.933 bits per heavy atom. The summed E-state index contributed by atoms with van der Waals surface area (Å²) in [5, 5.41) is 0. The molecule has 0 atom stereocenters. The van der Waals surface area contributed by atoms with Crippen LogP contribution in [0.25, 0.3) is 0 Å². The number of methoxy groups -OCH3 is 1. The van der Waals surface area contributed by atoms with Crippen LogP contribution in [0.1, 0.15) is 0 Å². The number of ether oxygens (including phenoxy) is 1. The highest BCUT2D eigenvalue weighted by Gasteiger charge is 2.12. The maximum Gasteiger partial charge on any atom is 0.186 e. The van der Waals surface area contributed by atoms with E-state index in [1.165, 1.54) is 0 Å². The first kappa shape index (κ1) is 17.9. The summed E-state index contributed by atoms with van der Waals surface area (Å²) in [6.07, 6.45) is 0. The van der Waals surface area contributed by atoms with Crippen molar-refractivity contribution < 1.29 is 13.3 Å². The van der Waals surface area contributed by atoms with E-state index in [2.05, 4.69) is 45.8 Å². The fraction of sp³-hybridized carbons (Fsp3) is 1.00. The van der Waals surface area contributed by atoms with Gasteiger partial charge in [-0.1, -0.05) is 6.55 Å². The summed E-state index contributed by atoms with van der Waals surface area (Å²) in [7, 11) is -0.888. The van der Waals surface area contributed by atoms with Gasteiger partial charge in [0.25, 0.3) is 0 Å². The van der Waals surface area contributed by atoms with Crippen LogP contribution < -0.4 is 0 Å². The third-order valence-electron chi connectivity index (χ3n) is 1.19. The van der Waals surface area contributed by atoms with Crippen molar-refractivity contribution in [3.05, 3.63) is 0 Å². The summed E-state index contributed by atoms with van der Waals surface area (Å²) in [4.78, 5) is 0. The first-order valence-electron chi connectivity index (χ1n) is 5.39. The Morgan fingerprint density at radius 2 is 1.40 bits per heavy atom. The molecule has 0 aromatic carbocycles. The molecule has 0 amide bonds. The van der Waals surface area contributed by atoms with E-state index in [0.717, 1.165) is 0 Å². The Balaban J connectivity index is 0. The number of hydrogen-bond acceptors (Lipinski definition) is 3. The smallest absolute Gasteiger partial charge is 0.186 e. The zero-order chi connectivity index (χ0) is 12.5. The first-order chi connectivity index (χ1) is 6.62. The van der Waals surface area contributed by atoms with Gasteiger partial charge in [0.05, 0.1) is 0 Å². The van der Waals surface area contributed by atoms with E-state index in [9.17, 15) is 0 Å². The SMILES string of the molecule is COCO[Si](C)(C)C.C[SiH2]O[Si](C)(C)C. The van der Waals surface area contributed by atoms with Crippen LogP contribution in [-0.2, 0) is 13.3 Å². The van der Waals surface area contributed by atoms with Gasteiger partial charge in [-0.05, 0) is 39.3 Å². The summed E-state index contributed by atoms with van der Waals surface area (Å²) < 4.78 is 15.5. The van der Waals surface area contributed by atoms with Crippen molar-refractivity contribution >= 4 is 26.4 Å². The Labute approximate surface area is 99.7 Å². The quantitative estimate of drug-likeness (QED) is 0.566. The van der Waals surface area contributed by atoms with Crippen LogP contribution in [0.5, 0.6) is 0 Å². The fourth-order valence-corrected chi connectivity index (χ4v) is 4.60. The minimum absolute atomic E-state index is 0.128. The van der Waals surface area contributed by atoms with Crippen molar-refractivity contribution in [2.45, 2.75) is 45.8 Å². The maximum absolute atomic E-state index is 5.51. The molecular weight excluding hydrogens is 240 g/mol. The molecule has 0 unspecified atom stereocenters. The molecule has 0 aliphatic rings. The largest absolute Gasteiger partial charge is 0.461 e. The van der Waals surface area contributed by atoms with E-state index in [1.807, 2.05) is 0 Å². The molecule has 0 fully saturated rings. The molecule has 15 heavy (non-hydrogen) atoms. The third-order valence-corrected chi connectivity index (χ3v) is 6.79.